The van der Waals surface area contributed by atoms with E-state index in [1.165, 1.54) is 11.3 Å². The van der Waals surface area contributed by atoms with Crippen LogP contribution in [0.2, 0.25) is 0 Å². The van der Waals surface area contributed by atoms with Gasteiger partial charge in [-0.1, -0.05) is 0 Å². The number of ether oxygens (including phenoxy) is 2. The Kier molecular flexibility index (Phi) is 4.85. The van der Waals surface area contributed by atoms with Crippen molar-refractivity contribution in [3.63, 3.8) is 0 Å². The van der Waals surface area contributed by atoms with Crippen LogP contribution in [0.25, 0.3) is 0 Å². The highest BCUT2D eigenvalue weighted by molar-refractivity contribution is 5.38. The molecule has 0 aliphatic heterocycles. The third-order valence-electron chi connectivity index (χ3n) is 3.76. The summed E-state index contributed by atoms with van der Waals surface area (Å²) in [5.41, 5.74) is 3.52. The number of methoxy groups -OCH3 is 2. The third kappa shape index (κ3) is 3.55. The van der Waals surface area contributed by atoms with Crippen LogP contribution in [-0.2, 0) is 13.6 Å². The van der Waals surface area contributed by atoms with Crippen LogP contribution in [0, 0.1) is 6.92 Å². The van der Waals surface area contributed by atoms with Crippen LogP contribution in [0.3, 0.4) is 0 Å². The van der Waals surface area contributed by atoms with Crippen molar-refractivity contribution in [3.05, 3.63) is 41.2 Å². The van der Waals surface area contributed by atoms with Crippen LogP contribution < -0.4 is 14.8 Å². The van der Waals surface area contributed by atoms with Crippen LogP contribution in [0.15, 0.2) is 24.4 Å². The van der Waals surface area contributed by atoms with E-state index in [2.05, 4.69) is 24.3 Å². The zero-order valence-electron chi connectivity index (χ0n) is 13.3. The van der Waals surface area contributed by atoms with Crippen LogP contribution in [0.1, 0.15) is 29.8 Å². The fourth-order valence-electron chi connectivity index (χ4n) is 2.29. The zero-order chi connectivity index (χ0) is 15.4. The molecule has 2 rings (SSSR count). The maximum Gasteiger partial charge on any atom is 0.122 e. The number of hydrogen-bond acceptors (Lipinski definition) is 4. The summed E-state index contributed by atoms with van der Waals surface area (Å²) in [4.78, 5) is 0. The van der Waals surface area contributed by atoms with E-state index in [0.717, 1.165) is 23.6 Å². The summed E-state index contributed by atoms with van der Waals surface area (Å²) in [6, 6.07) is 6.13. The van der Waals surface area contributed by atoms with E-state index >= 15 is 0 Å². The Labute approximate surface area is 125 Å². The van der Waals surface area contributed by atoms with E-state index in [1.54, 1.807) is 14.2 Å². The first-order chi connectivity index (χ1) is 10.0. The highest BCUT2D eigenvalue weighted by Crippen LogP contribution is 2.23. The van der Waals surface area contributed by atoms with Gasteiger partial charge in [0.25, 0.3) is 0 Å². The molecule has 0 saturated heterocycles. The van der Waals surface area contributed by atoms with E-state index in [4.69, 9.17) is 9.47 Å². The molecular weight excluding hydrogens is 266 g/mol. The standard InChI is InChI=1S/C16H23N3O2/c1-11(16-10-18-19(3)12(16)2)17-9-13-6-14(20-4)8-15(7-13)21-5/h6-8,10-11,17H,9H2,1-5H3. The lowest BCUT2D eigenvalue weighted by molar-refractivity contribution is 0.392. The SMILES string of the molecule is COc1cc(CNC(C)c2cnn(C)c2C)cc(OC)c1. The Balaban J connectivity index is 2.07. The Morgan fingerprint density at radius 2 is 1.81 bits per heavy atom. The van der Waals surface area contributed by atoms with Crippen LogP contribution >= 0.6 is 0 Å². The molecule has 0 aliphatic carbocycles. The van der Waals surface area contributed by atoms with Crippen LogP contribution in [0.5, 0.6) is 11.5 Å². The molecule has 0 bridgehead atoms. The molecule has 0 fully saturated rings. The smallest absolute Gasteiger partial charge is 0.122 e. The summed E-state index contributed by atoms with van der Waals surface area (Å²) in [6.07, 6.45) is 1.92. The second-order valence-electron chi connectivity index (χ2n) is 5.13. The molecule has 1 aromatic carbocycles. The van der Waals surface area contributed by atoms with Crippen molar-refractivity contribution in [3.8, 4) is 11.5 Å². The van der Waals surface area contributed by atoms with Crippen molar-refractivity contribution in [2.24, 2.45) is 7.05 Å². The highest BCUT2D eigenvalue weighted by Gasteiger charge is 2.12. The summed E-state index contributed by atoms with van der Waals surface area (Å²) in [5.74, 6) is 1.60. The third-order valence-corrected chi connectivity index (χ3v) is 3.76. The van der Waals surface area contributed by atoms with Crippen LogP contribution in [0.4, 0.5) is 0 Å². The molecule has 0 saturated carbocycles. The number of aryl methyl sites for hydroxylation is 1. The summed E-state index contributed by atoms with van der Waals surface area (Å²) in [7, 11) is 5.28. The number of rotatable bonds is 6. The van der Waals surface area contributed by atoms with Crippen molar-refractivity contribution >= 4 is 0 Å². The van der Waals surface area contributed by atoms with Gasteiger partial charge >= 0.3 is 0 Å². The Morgan fingerprint density at radius 1 is 1.19 bits per heavy atom. The first kappa shape index (κ1) is 15.4. The lowest BCUT2D eigenvalue weighted by atomic mass is 10.1. The fourth-order valence-corrected chi connectivity index (χ4v) is 2.29. The van der Waals surface area contributed by atoms with E-state index in [1.807, 2.05) is 36.1 Å². The van der Waals surface area contributed by atoms with Crippen molar-refractivity contribution in [2.45, 2.75) is 26.4 Å². The summed E-state index contributed by atoms with van der Waals surface area (Å²) in [5, 5.41) is 7.79. The van der Waals surface area contributed by atoms with Crippen molar-refractivity contribution in [1.29, 1.82) is 0 Å². The normalized spacial score (nSPS) is 12.2. The summed E-state index contributed by atoms with van der Waals surface area (Å²) in [6.45, 7) is 4.96. The Morgan fingerprint density at radius 3 is 2.29 bits per heavy atom. The van der Waals surface area contributed by atoms with Crippen molar-refractivity contribution in [2.75, 3.05) is 14.2 Å². The fraction of sp³-hybridized carbons (Fsp3) is 0.438. The van der Waals surface area contributed by atoms with Crippen LogP contribution in [-0.4, -0.2) is 24.0 Å². The number of hydrogen-bond donors (Lipinski definition) is 1. The molecule has 1 N–H and O–H groups in total. The van der Waals surface area contributed by atoms with Gasteiger partial charge in [0.15, 0.2) is 0 Å². The predicted octanol–water partition coefficient (Wildman–Crippen LogP) is 2.60. The minimum Gasteiger partial charge on any atom is -0.497 e. The second kappa shape index (κ2) is 6.63. The number of benzene rings is 1. The molecule has 114 valence electrons. The molecular formula is C16H23N3O2. The summed E-state index contributed by atoms with van der Waals surface area (Å²) < 4.78 is 12.5. The number of aromatic nitrogens is 2. The van der Waals surface area contributed by atoms with Gasteiger partial charge in [0.1, 0.15) is 11.5 Å². The monoisotopic (exact) mass is 289 g/mol. The van der Waals surface area contributed by atoms with Gasteiger partial charge in [0, 0.05) is 37.0 Å². The minimum atomic E-state index is 0.232. The molecule has 1 aromatic heterocycles. The van der Waals surface area contributed by atoms with Gasteiger partial charge < -0.3 is 14.8 Å². The van der Waals surface area contributed by atoms with Crippen molar-refractivity contribution < 1.29 is 9.47 Å². The van der Waals surface area contributed by atoms with Gasteiger partial charge in [-0.2, -0.15) is 5.10 Å². The molecule has 0 amide bonds. The minimum absolute atomic E-state index is 0.232. The molecule has 0 spiro atoms. The zero-order valence-corrected chi connectivity index (χ0v) is 13.3. The Bertz CT molecular complexity index is 585. The van der Waals surface area contributed by atoms with E-state index in [-0.39, 0.29) is 6.04 Å². The molecule has 1 unspecified atom stereocenters. The van der Waals surface area contributed by atoms with E-state index < -0.39 is 0 Å². The topological polar surface area (TPSA) is 48.3 Å². The lowest BCUT2D eigenvalue weighted by Crippen LogP contribution is -2.18. The van der Waals surface area contributed by atoms with Gasteiger partial charge in [0.2, 0.25) is 0 Å². The van der Waals surface area contributed by atoms with Gasteiger partial charge in [-0.25, -0.2) is 0 Å². The first-order valence-electron chi connectivity index (χ1n) is 6.99. The largest absolute Gasteiger partial charge is 0.497 e. The molecule has 5 nitrogen and oxygen atoms in total. The van der Waals surface area contributed by atoms with Gasteiger partial charge in [0.05, 0.1) is 20.4 Å². The quantitative estimate of drug-likeness (QED) is 0.888. The molecule has 0 aliphatic rings. The number of nitrogens with zero attached hydrogens (tertiary/aromatic N) is 2. The molecule has 2 aromatic rings. The predicted molar refractivity (Wildman–Crippen MR) is 82.7 cm³/mol. The Hall–Kier alpha value is -2.01. The maximum absolute atomic E-state index is 5.29. The highest BCUT2D eigenvalue weighted by atomic mass is 16.5. The lowest BCUT2D eigenvalue weighted by Gasteiger charge is -2.15. The second-order valence-corrected chi connectivity index (χ2v) is 5.13. The van der Waals surface area contributed by atoms with Crippen molar-refractivity contribution in [1.82, 2.24) is 15.1 Å². The average Bonchev–Trinajstić information content (AvgIpc) is 2.84. The summed E-state index contributed by atoms with van der Waals surface area (Å²) >= 11 is 0. The average molecular weight is 289 g/mol. The maximum atomic E-state index is 5.29. The molecule has 5 heteroatoms. The van der Waals surface area contributed by atoms with E-state index in [9.17, 15) is 0 Å². The molecule has 0 radical (unpaired) electrons. The van der Waals surface area contributed by atoms with Gasteiger partial charge in [-0.15, -0.1) is 0 Å². The van der Waals surface area contributed by atoms with E-state index in [0.29, 0.717) is 0 Å². The first-order valence-corrected chi connectivity index (χ1v) is 6.99. The van der Waals surface area contributed by atoms with Gasteiger partial charge in [-0.3, -0.25) is 4.68 Å². The number of nitrogens with one attached hydrogen (secondary N) is 1. The van der Waals surface area contributed by atoms with Gasteiger partial charge in [-0.05, 0) is 31.5 Å². The molecule has 1 heterocycles. The molecule has 21 heavy (non-hydrogen) atoms. The molecule has 1 atom stereocenters.